The minimum Gasteiger partial charge on any atom is -0.616 e. The number of halogens is 9. The van der Waals surface area contributed by atoms with E-state index in [1.807, 2.05) is 0 Å². The second-order valence-electron chi connectivity index (χ2n) is 11.8. The van der Waals surface area contributed by atoms with E-state index in [0.717, 1.165) is 12.1 Å². The maximum absolute atomic E-state index is 13.8. The van der Waals surface area contributed by atoms with Crippen LogP contribution in [-0.4, -0.2) is 57.9 Å². The molecular formula is C32H32F9N5O3S. The number of rotatable bonds is 7. The van der Waals surface area contributed by atoms with Gasteiger partial charge in [0.2, 0.25) is 5.95 Å². The Balaban J connectivity index is 1.58. The van der Waals surface area contributed by atoms with E-state index in [4.69, 9.17) is 4.74 Å². The van der Waals surface area contributed by atoms with Gasteiger partial charge in [-0.05, 0) is 67.3 Å². The first-order valence-electron chi connectivity index (χ1n) is 15.6. The molecule has 0 bridgehead atoms. The molecule has 3 aromatic rings. The quantitative estimate of drug-likeness (QED) is 0.194. The smallest absolute Gasteiger partial charge is 0.416 e. The molecule has 0 spiro atoms. The number of amides is 1. The third-order valence-electron chi connectivity index (χ3n) is 8.48. The molecule has 0 saturated carbocycles. The number of nitrogens with one attached hydrogen (secondary N) is 1. The highest BCUT2D eigenvalue weighted by Crippen LogP contribution is 2.43. The Hall–Kier alpha value is -3.93. The van der Waals surface area contributed by atoms with Crippen molar-refractivity contribution in [2.45, 2.75) is 63.7 Å². The standard InChI is InChI=1S/C32H32F9N5O3S/c1-3-22-16-24(23-15-19(30(33,34)35)5-6-26(23)46(22)29(47)49-4-2)43-28-42-17-27(45-7-9-50(48)10-8-45)25(44-28)13-18-11-20(31(36,37)38)14-21(12-18)32(39,40)41/h5-6,11-12,14-15,17,22,24H,3-4,7-10,13,16H2,1-2H3,(H,42,43,44)/t22-,24+/m1/s1. The van der Waals surface area contributed by atoms with Gasteiger partial charge in [0, 0.05) is 12.5 Å². The first-order valence-corrected chi connectivity index (χ1v) is 17.1. The van der Waals surface area contributed by atoms with Crippen molar-refractivity contribution in [2.75, 3.05) is 46.3 Å². The number of carbonyl (C=O) groups is 1. The zero-order chi connectivity index (χ0) is 36.6. The van der Waals surface area contributed by atoms with Gasteiger partial charge in [-0.15, -0.1) is 0 Å². The second kappa shape index (κ2) is 14.4. The molecule has 1 N–H and O–H groups in total. The van der Waals surface area contributed by atoms with Crippen molar-refractivity contribution < 1.29 is 53.6 Å². The molecule has 1 fully saturated rings. The fourth-order valence-electron chi connectivity index (χ4n) is 6.08. The first-order chi connectivity index (χ1) is 23.4. The summed E-state index contributed by atoms with van der Waals surface area (Å²) in [6, 6.07) is 2.72. The van der Waals surface area contributed by atoms with Crippen LogP contribution in [0.15, 0.2) is 42.6 Å². The van der Waals surface area contributed by atoms with Crippen molar-refractivity contribution in [3.63, 3.8) is 0 Å². The van der Waals surface area contributed by atoms with Crippen LogP contribution in [0, 0.1) is 0 Å². The fraction of sp³-hybridized carbons (Fsp3) is 0.469. The van der Waals surface area contributed by atoms with E-state index in [-0.39, 0.29) is 72.1 Å². The Kier molecular flexibility index (Phi) is 10.7. The normalized spacial score (nSPS) is 19.0. The van der Waals surface area contributed by atoms with Crippen LogP contribution in [-0.2, 0) is 40.9 Å². The summed E-state index contributed by atoms with van der Waals surface area (Å²) in [6.45, 7) is 3.90. The van der Waals surface area contributed by atoms with Gasteiger partial charge < -0.3 is 19.5 Å². The molecule has 0 unspecified atom stereocenters. The van der Waals surface area contributed by atoms with Crippen molar-refractivity contribution in [1.29, 1.82) is 0 Å². The predicted octanol–water partition coefficient (Wildman–Crippen LogP) is 7.99. The molecule has 1 saturated heterocycles. The lowest BCUT2D eigenvalue weighted by Gasteiger charge is -2.40. The molecule has 2 atom stereocenters. The molecular weight excluding hydrogens is 705 g/mol. The zero-order valence-corrected chi connectivity index (χ0v) is 27.5. The molecule has 2 aromatic carbocycles. The highest BCUT2D eigenvalue weighted by molar-refractivity contribution is 7.91. The number of aromatic nitrogens is 2. The summed E-state index contributed by atoms with van der Waals surface area (Å²) >= 11 is -1.12. The highest BCUT2D eigenvalue weighted by atomic mass is 32.2. The van der Waals surface area contributed by atoms with Crippen LogP contribution >= 0.6 is 0 Å². The van der Waals surface area contributed by atoms with Gasteiger partial charge in [0.25, 0.3) is 0 Å². The number of benzene rings is 2. The maximum Gasteiger partial charge on any atom is 0.416 e. The molecule has 2 aliphatic heterocycles. The Bertz CT molecular complexity index is 1660. The van der Waals surface area contributed by atoms with Gasteiger partial charge in [0.1, 0.15) is 11.5 Å². The molecule has 1 aromatic heterocycles. The first kappa shape index (κ1) is 37.3. The van der Waals surface area contributed by atoms with Crippen LogP contribution in [0.5, 0.6) is 0 Å². The van der Waals surface area contributed by atoms with E-state index >= 15 is 0 Å². The number of hydrogen-bond acceptors (Lipinski definition) is 7. The lowest BCUT2D eigenvalue weighted by Crippen LogP contribution is -2.46. The van der Waals surface area contributed by atoms with Gasteiger partial charge in [-0.2, -0.15) is 39.5 Å². The van der Waals surface area contributed by atoms with Crippen LogP contribution in [0.25, 0.3) is 0 Å². The van der Waals surface area contributed by atoms with E-state index in [1.165, 1.54) is 17.2 Å². The van der Waals surface area contributed by atoms with Gasteiger partial charge in [0.05, 0.1) is 65.7 Å². The van der Waals surface area contributed by atoms with E-state index in [9.17, 15) is 48.9 Å². The molecule has 8 nitrogen and oxygen atoms in total. The highest BCUT2D eigenvalue weighted by Gasteiger charge is 2.40. The Morgan fingerprint density at radius 3 is 2.10 bits per heavy atom. The van der Waals surface area contributed by atoms with Gasteiger partial charge in [-0.3, -0.25) is 4.90 Å². The summed E-state index contributed by atoms with van der Waals surface area (Å²) in [5.41, 5.74) is -3.74. The number of fused-ring (bicyclic) bond motifs is 1. The number of alkyl halides is 9. The average Bonchev–Trinajstić information content (AvgIpc) is 3.03. The van der Waals surface area contributed by atoms with Gasteiger partial charge in [-0.1, -0.05) is 18.1 Å². The summed E-state index contributed by atoms with van der Waals surface area (Å²) in [4.78, 5) is 24.8. The SMILES string of the molecule is CCOC(=O)N1c2ccc(C(F)(F)F)cc2[C@@H](Nc2ncc(N3CC[S+]([O-])CC3)c(Cc3cc(C(F)(F)F)cc(C(F)(F)F)c3)n2)C[C@H]1CC. The van der Waals surface area contributed by atoms with Crippen molar-refractivity contribution in [1.82, 2.24) is 9.97 Å². The molecule has 272 valence electrons. The second-order valence-corrected chi connectivity index (χ2v) is 13.5. The van der Waals surface area contributed by atoms with E-state index < -0.39 is 71.0 Å². The van der Waals surface area contributed by atoms with Gasteiger partial charge in [-0.25, -0.2) is 14.8 Å². The van der Waals surface area contributed by atoms with Crippen molar-refractivity contribution >= 4 is 34.6 Å². The third kappa shape index (κ3) is 8.33. The summed E-state index contributed by atoms with van der Waals surface area (Å²) in [6.07, 6.45) is -14.3. The average molecular weight is 738 g/mol. The Labute approximate surface area is 284 Å². The van der Waals surface area contributed by atoms with Crippen molar-refractivity contribution in [2.24, 2.45) is 0 Å². The van der Waals surface area contributed by atoms with Crippen LogP contribution in [0.2, 0.25) is 0 Å². The minimum atomic E-state index is -5.08. The summed E-state index contributed by atoms with van der Waals surface area (Å²) in [7, 11) is 0. The number of hydrogen-bond donors (Lipinski definition) is 1. The zero-order valence-electron chi connectivity index (χ0n) is 26.7. The number of nitrogens with zero attached hydrogens (tertiary/aromatic N) is 4. The maximum atomic E-state index is 13.8. The summed E-state index contributed by atoms with van der Waals surface area (Å²) < 4.78 is 141. The van der Waals surface area contributed by atoms with E-state index in [2.05, 4.69) is 15.3 Å². The molecule has 1 amide bonds. The van der Waals surface area contributed by atoms with Crippen LogP contribution in [0.3, 0.4) is 0 Å². The molecule has 5 rings (SSSR count). The lowest BCUT2D eigenvalue weighted by molar-refractivity contribution is -0.143. The predicted molar refractivity (Wildman–Crippen MR) is 167 cm³/mol. The Morgan fingerprint density at radius 2 is 1.54 bits per heavy atom. The van der Waals surface area contributed by atoms with Crippen molar-refractivity contribution in [3.05, 3.63) is 76.1 Å². The number of carbonyl (C=O) groups excluding carboxylic acids is 1. The van der Waals surface area contributed by atoms with E-state index in [0.29, 0.717) is 24.2 Å². The molecule has 18 heteroatoms. The number of anilines is 3. The summed E-state index contributed by atoms with van der Waals surface area (Å²) in [5, 5.41) is 3.01. The van der Waals surface area contributed by atoms with Gasteiger partial charge in [0.15, 0.2) is 0 Å². The molecule has 2 aliphatic rings. The minimum absolute atomic E-state index is 0.0235. The van der Waals surface area contributed by atoms with Crippen LogP contribution < -0.4 is 15.1 Å². The van der Waals surface area contributed by atoms with Crippen LogP contribution in [0.4, 0.5) is 61.6 Å². The molecule has 3 heterocycles. The lowest BCUT2D eigenvalue weighted by atomic mass is 9.89. The van der Waals surface area contributed by atoms with E-state index in [1.54, 1.807) is 18.7 Å². The Morgan fingerprint density at radius 1 is 0.920 bits per heavy atom. The third-order valence-corrected chi connectivity index (χ3v) is 9.76. The monoisotopic (exact) mass is 737 g/mol. The fourth-order valence-corrected chi connectivity index (χ4v) is 7.13. The molecule has 0 radical (unpaired) electrons. The molecule has 0 aliphatic carbocycles. The number of ether oxygens (including phenoxy) is 1. The largest absolute Gasteiger partial charge is 0.616 e. The molecule has 50 heavy (non-hydrogen) atoms. The van der Waals surface area contributed by atoms with Crippen molar-refractivity contribution in [3.8, 4) is 0 Å². The topological polar surface area (TPSA) is 93.7 Å². The van der Waals surface area contributed by atoms with Crippen LogP contribution in [0.1, 0.15) is 66.2 Å². The summed E-state index contributed by atoms with van der Waals surface area (Å²) in [5.74, 6) is 0.369. The van der Waals surface area contributed by atoms with Gasteiger partial charge >= 0.3 is 24.6 Å².